The van der Waals surface area contributed by atoms with Gasteiger partial charge in [0.05, 0.1) is 6.61 Å². The van der Waals surface area contributed by atoms with E-state index in [1.165, 1.54) is 12.1 Å². The summed E-state index contributed by atoms with van der Waals surface area (Å²) in [5, 5.41) is 6.56. The molecule has 1 aromatic heterocycles. The molecule has 0 saturated carbocycles. The number of fused-ring (bicyclic) bond motifs is 1. The van der Waals surface area contributed by atoms with E-state index in [0.29, 0.717) is 19.0 Å². The van der Waals surface area contributed by atoms with Gasteiger partial charge in [-0.15, -0.1) is 0 Å². The van der Waals surface area contributed by atoms with Crippen LogP contribution in [0.1, 0.15) is 22.5 Å². The summed E-state index contributed by atoms with van der Waals surface area (Å²) in [4.78, 5) is 12.0. The molecule has 2 heterocycles. The third kappa shape index (κ3) is 2.72. The predicted octanol–water partition coefficient (Wildman–Crippen LogP) is 1.87. The number of carbonyl (C=O) groups excluding carboxylic acids is 1. The summed E-state index contributed by atoms with van der Waals surface area (Å²) in [6.45, 7) is 1.04. The summed E-state index contributed by atoms with van der Waals surface area (Å²) in [5.74, 6) is -1.35. The van der Waals surface area contributed by atoms with Gasteiger partial charge in [-0.05, 0) is 12.1 Å². The molecule has 110 valence electrons. The molecule has 1 amide bonds. The molecule has 0 bridgehead atoms. The Morgan fingerprint density at radius 2 is 2.14 bits per heavy atom. The fourth-order valence-electron chi connectivity index (χ4n) is 2.14. The number of aryl methyl sites for hydroxylation is 1. The number of rotatable bonds is 3. The number of aromatic nitrogens is 2. The van der Waals surface area contributed by atoms with E-state index in [-0.39, 0.29) is 17.8 Å². The van der Waals surface area contributed by atoms with Crippen LogP contribution in [-0.2, 0) is 13.1 Å². The number of halogens is 2. The van der Waals surface area contributed by atoms with Crippen LogP contribution in [0.2, 0.25) is 0 Å². The van der Waals surface area contributed by atoms with Gasteiger partial charge in [-0.3, -0.25) is 4.79 Å². The van der Waals surface area contributed by atoms with Gasteiger partial charge in [0.25, 0.3) is 5.91 Å². The van der Waals surface area contributed by atoms with Gasteiger partial charge in [-0.25, -0.2) is 13.5 Å². The van der Waals surface area contributed by atoms with E-state index in [9.17, 15) is 13.6 Å². The largest absolute Gasteiger partial charge is 0.478 e. The molecule has 21 heavy (non-hydrogen) atoms. The molecular formula is C14H13F2N3O2. The molecule has 1 N–H and O–H groups in total. The first-order valence-electron chi connectivity index (χ1n) is 6.57. The molecule has 0 fully saturated rings. The van der Waals surface area contributed by atoms with E-state index in [1.54, 1.807) is 4.68 Å². The van der Waals surface area contributed by atoms with Crippen molar-refractivity contribution in [3.8, 4) is 5.88 Å². The lowest BCUT2D eigenvalue weighted by Gasteiger charge is -2.13. The Hall–Kier alpha value is -2.44. The SMILES string of the molecule is O=C(NCc1c(F)cccc1F)c1cc2n(n1)CCCO2. The minimum Gasteiger partial charge on any atom is -0.478 e. The van der Waals surface area contributed by atoms with Crippen molar-refractivity contribution in [1.29, 1.82) is 0 Å². The highest BCUT2D eigenvalue weighted by molar-refractivity contribution is 5.92. The van der Waals surface area contributed by atoms with Gasteiger partial charge in [-0.2, -0.15) is 5.10 Å². The molecule has 0 unspecified atom stereocenters. The molecule has 7 heteroatoms. The zero-order valence-electron chi connectivity index (χ0n) is 11.1. The molecule has 1 aliphatic rings. The Morgan fingerprint density at radius 3 is 2.86 bits per heavy atom. The second-order valence-corrected chi connectivity index (χ2v) is 4.68. The normalized spacial score (nSPS) is 13.4. The average Bonchev–Trinajstić information content (AvgIpc) is 2.90. The maximum absolute atomic E-state index is 13.5. The second-order valence-electron chi connectivity index (χ2n) is 4.68. The highest BCUT2D eigenvalue weighted by atomic mass is 19.1. The van der Waals surface area contributed by atoms with Crippen LogP contribution in [0.25, 0.3) is 0 Å². The van der Waals surface area contributed by atoms with Crippen LogP contribution >= 0.6 is 0 Å². The number of ether oxygens (including phenoxy) is 1. The van der Waals surface area contributed by atoms with E-state index >= 15 is 0 Å². The summed E-state index contributed by atoms with van der Waals surface area (Å²) in [7, 11) is 0. The lowest BCUT2D eigenvalue weighted by atomic mass is 10.2. The minimum atomic E-state index is -0.692. The van der Waals surface area contributed by atoms with Crippen LogP contribution in [0.4, 0.5) is 8.78 Å². The van der Waals surface area contributed by atoms with Gasteiger partial charge < -0.3 is 10.1 Å². The standard InChI is InChI=1S/C14H13F2N3O2/c15-10-3-1-4-11(16)9(10)8-17-14(20)12-7-13-19(18-12)5-2-6-21-13/h1,3-4,7H,2,5-6,8H2,(H,17,20). The average molecular weight is 293 g/mol. The summed E-state index contributed by atoms with van der Waals surface area (Å²) in [5.41, 5.74) is -0.00489. The predicted molar refractivity (Wildman–Crippen MR) is 69.9 cm³/mol. The molecule has 0 spiro atoms. The second kappa shape index (κ2) is 5.51. The molecule has 2 aromatic rings. The van der Waals surface area contributed by atoms with Crippen molar-refractivity contribution >= 4 is 5.91 Å². The Balaban J connectivity index is 1.70. The van der Waals surface area contributed by atoms with E-state index < -0.39 is 17.5 Å². The monoisotopic (exact) mass is 293 g/mol. The Kier molecular flexibility index (Phi) is 3.55. The molecule has 3 rings (SSSR count). The van der Waals surface area contributed by atoms with Crippen LogP contribution in [-0.4, -0.2) is 22.3 Å². The van der Waals surface area contributed by atoms with Crippen molar-refractivity contribution in [2.75, 3.05) is 6.61 Å². The topological polar surface area (TPSA) is 56.2 Å². The zero-order chi connectivity index (χ0) is 14.8. The molecule has 0 aliphatic carbocycles. The first-order valence-corrected chi connectivity index (χ1v) is 6.57. The molecular weight excluding hydrogens is 280 g/mol. The van der Waals surface area contributed by atoms with Gasteiger partial charge in [0.2, 0.25) is 5.88 Å². The molecule has 1 aromatic carbocycles. The Bertz CT molecular complexity index is 641. The summed E-state index contributed by atoms with van der Waals surface area (Å²) < 4.78 is 33.9. The summed E-state index contributed by atoms with van der Waals surface area (Å²) in [6.07, 6.45) is 0.830. The first-order chi connectivity index (χ1) is 10.1. The summed E-state index contributed by atoms with van der Waals surface area (Å²) in [6, 6.07) is 5.09. The van der Waals surface area contributed by atoms with Crippen LogP contribution in [0.5, 0.6) is 5.88 Å². The maximum atomic E-state index is 13.5. The van der Waals surface area contributed by atoms with E-state index in [2.05, 4.69) is 10.4 Å². The molecule has 0 saturated heterocycles. The highest BCUT2D eigenvalue weighted by Gasteiger charge is 2.18. The van der Waals surface area contributed by atoms with Crippen molar-refractivity contribution in [3.63, 3.8) is 0 Å². The van der Waals surface area contributed by atoms with Gasteiger partial charge in [0.1, 0.15) is 11.6 Å². The highest BCUT2D eigenvalue weighted by Crippen LogP contribution is 2.18. The summed E-state index contributed by atoms with van der Waals surface area (Å²) >= 11 is 0. The molecule has 0 radical (unpaired) electrons. The van der Waals surface area contributed by atoms with E-state index in [4.69, 9.17) is 4.74 Å². The lowest BCUT2D eigenvalue weighted by Crippen LogP contribution is -2.24. The van der Waals surface area contributed by atoms with Crippen molar-refractivity contribution in [2.45, 2.75) is 19.5 Å². The van der Waals surface area contributed by atoms with Crippen LogP contribution in [0.3, 0.4) is 0 Å². The van der Waals surface area contributed by atoms with Gasteiger partial charge in [0, 0.05) is 31.1 Å². The lowest BCUT2D eigenvalue weighted by molar-refractivity contribution is 0.0944. The molecule has 1 aliphatic heterocycles. The third-order valence-electron chi connectivity index (χ3n) is 3.23. The minimum absolute atomic E-state index is 0.170. The quantitative estimate of drug-likeness (QED) is 0.940. The van der Waals surface area contributed by atoms with Crippen molar-refractivity contribution in [2.24, 2.45) is 0 Å². The zero-order valence-corrected chi connectivity index (χ0v) is 11.1. The number of nitrogens with zero attached hydrogens (tertiary/aromatic N) is 2. The smallest absolute Gasteiger partial charge is 0.272 e. The van der Waals surface area contributed by atoms with Crippen LogP contribution in [0, 0.1) is 11.6 Å². The van der Waals surface area contributed by atoms with Gasteiger partial charge in [-0.1, -0.05) is 6.07 Å². The van der Waals surface area contributed by atoms with E-state index in [1.807, 2.05) is 0 Å². The fourth-order valence-corrected chi connectivity index (χ4v) is 2.14. The fraction of sp³-hybridized carbons (Fsp3) is 0.286. The number of benzene rings is 1. The number of hydrogen-bond donors (Lipinski definition) is 1. The van der Waals surface area contributed by atoms with Crippen LogP contribution < -0.4 is 10.1 Å². The molecule has 5 nitrogen and oxygen atoms in total. The van der Waals surface area contributed by atoms with Gasteiger partial charge in [0.15, 0.2) is 5.69 Å². The molecule has 0 atom stereocenters. The Morgan fingerprint density at radius 1 is 1.38 bits per heavy atom. The van der Waals surface area contributed by atoms with E-state index in [0.717, 1.165) is 18.6 Å². The van der Waals surface area contributed by atoms with Crippen molar-refractivity contribution < 1.29 is 18.3 Å². The number of hydrogen-bond acceptors (Lipinski definition) is 3. The van der Waals surface area contributed by atoms with Crippen LogP contribution in [0.15, 0.2) is 24.3 Å². The maximum Gasteiger partial charge on any atom is 0.272 e. The number of nitrogens with one attached hydrogen (secondary N) is 1. The Labute approximate surface area is 119 Å². The first kappa shape index (κ1) is 13.5. The third-order valence-corrected chi connectivity index (χ3v) is 3.23. The van der Waals surface area contributed by atoms with Crippen molar-refractivity contribution in [1.82, 2.24) is 15.1 Å². The van der Waals surface area contributed by atoms with Crippen molar-refractivity contribution in [3.05, 3.63) is 47.2 Å². The number of amides is 1. The number of carbonyl (C=O) groups is 1. The van der Waals surface area contributed by atoms with Gasteiger partial charge >= 0.3 is 0 Å².